The summed E-state index contributed by atoms with van der Waals surface area (Å²) in [7, 11) is 0. The Kier molecular flexibility index (Phi) is 6.08. The number of rotatable bonds is 7. The second kappa shape index (κ2) is 8.47. The Bertz CT molecular complexity index is 744. The summed E-state index contributed by atoms with van der Waals surface area (Å²) in [5.74, 6) is -0.0963. The van der Waals surface area contributed by atoms with Gasteiger partial charge in [0.2, 0.25) is 0 Å². The van der Waals surface area contributed by atoms with Gasteiger partial charge in [0, 0.05) is 18.9 Å². The highest BCUT2D eigenvalue weighted by molar-refractivity contribution is 6.06. The summed E-state index contributed by atoms with van der Waals surface area (Å²) in [5, 5.41) is 5.41. The quantitative estimate of drug-likeness (QED) is 0.767. The number of hydrogen-bond acceptors (Lipinski definition) is 4. The second-order valence-electron chi connectivity index (χ2n) is 4.84. The lowest BCUT2D eigenvalue weighted by molar-refractivity contribution is 0.0957. The van der Waals surface area contributed by atoms with E-state index in [2.05, 4.69) is 22.2 Å². The summed E-state index contributed by atoms with van der Waals surface area (Å²) >= 11 is 0. The SMILES string of the molecule is C=CCNC(=O)c1cncc(C(=O)Nc2ccccc2OCC)c1. The molecule has 0 aliphatic heterocycles. The number of nitrogens with zero attached hydrogens (tertiary/aromatic N) is 1. The minimum atomic E-state index is -0.368. The Morgan fingerprint density at radius 1 is 1.21 bits per heavy atom. The molecule has 0 bridgehead atoms. The first-order valence-corrected chi connectivity index (χ1v) is 7.53. The molecule has 2 rings (SSSR count). The van der Waals surface area contributed by atoms with Gasteiger partial charge >= 0.3 is 0 Å². The number of anilines is 1. The van der Waals surface area contributed by atoms with E-state index in [1.807, 2.05) is 13.0 Å². The van der Waals surface area contributed by atoms with Gasteiger partial charge in [0.15, 0.2) is 0 Å². The van der Waals surface area contributed by atoms with Gasteiger partial charge < -0.3 is 15.4 Å². The monoisotopic (exact) mass is 325 g/mol. The third-order valence-electron chi connectivity index (χ3n) is 3.10. The minimum absolute atomic E-state index is 0.285. The van der Waals surface area contributed by atoms with Crippen molar-refractivity contribution in [3.05, 3.63) is 66.5 Å². The van der Waals surface area contributed by atoms with Crippen LogP contribution in [0.1, 0.15) is 27.6 Å². The van der Waals surface area contributed by atoms with Crippen molar-refractivity contribution in [2.24, 2.45) is 0 Å². The lowest BCUT2D eigenvalue weighted by Gasteiger charge is -2.11. The summed E-state index contributed by atoms with van der Waals surface area (Å²) in [5.41, 5.74) is 1.15. The molecular weight excluding hydrogens is 306 g/mol. The fraction of sp³-hybridized carbons (Fsp3) is 0.167. The summed E-state index contributed by atoms with van der Waals surface area (Å²) < 4.78 is 5.48. The van der Waals surface area contributed by atoms with Crippen LogP contribution in [0.5, 0.6) is 5.75 Å². The lowest BCUT2D eigenvalue weighted by atomic mass is 10.1. The maximum Gasteiger partial charge on any atom is 0.257 e. The summed E-state index contributed by atoms with van der Waals surface area (Å²) in [6.07, 6.45) is 4.39. The second-order valence-corrected chi connectivity index (χ2v) is 4.84. The zero-order valence-corrected chi connectivity index (χ0v) is 13.4. The fourth-order valence-electron chi connectivity index (χ4n) is 2.00. The number of hydrogen-bond donors (Lipinski definition) is 2. The number of nitrogens with one attached hydrogen (secondary N) is 2. The van der Waals surface area contributed by atoms with E-state index in [1.54, 1.807) is 24.3 Å². The van der Waals surface area contributed by atoms with Gasteiger partial charge in [-0.25, -0.2) is 0 Å². The molecule has 0 saturated carbocycles. The van der Waals surface area contributed by atoms with E-state index in [-0.39, 0.29) is 17.4 Å². The third kappa shape index (κ3) is 4.42. The highest BCUT2D eigenvalue weighted by atomic mass is 16.5. The number of amides is 2. The Labute approximate surface area is 140 Å². The van der Waals surface area contributed by atoms with Crippen molar-refractivity contribution in [1.82, 2.24) is 10.3 Å². The zero-order chi connectivity index (χ0) is 17.4. The first-order chi connectivity index (χ1) is 11.7. The van der Waals surface area contributed by atoms with Gasteiger partial charge in [-0.1, -0.05) is 18.2 Å². The van der Waals surface area contributed by atoms with Gasteiger partial charge in [-0.15, -0.1) is 6.58 Å². The van der Waals surface area contributed by atoms with Crippen molar-refractivity contribution in [3.63, 3.8) is 0 Å². The smallest absolute Gasteiger partial charge is 0.257 e. The molecule has 1 aromatic heterocycles. The molecule has 6 nitrogen and oxygen atoms in total. The molecule has 1 aromatic carbocycles. The van der Waals surface area contributed by atoms with Gasteiger partial charge in [-0.3, -0.25) is 14.6 Å². The number of carbonyl (C=O) groups is 2. The van der Waals surface area contributed by atoms with Gasteiger partial charge in [0.25, 0.3) is 11.8 Å². The summed E-state index contributed by atoms with van der Waals surface area (Å²) in [4.78, 5) is 28.3. The Balaban J connectivity index is 2.16. The molecule has 2 N–H and O–H groups in total. The van der Waals surface area contributed by atoms with Crippen LogP contribution in [0.15, 0.2) is 55.4 Å². The molecule has 0 aliphatic rings. The predicted molar refractivity (Wildman–Crippen MR) is 92.3 cm³/mol. The van der Waals surface area contributed by atoms with Gasteiger partial charge in [0.1, 0.15) is 5.75 Å². The van der Waals surface area contributed by atoms with Crippen molar-refractivity contribution >= 4 is 17.5 Å². The van der Waals surface area contributed by atoms with Gasteiger partial charge in [-0.2, -0.15) is 0 Å². The Hall–Kier alpha value is -3.15. The van der Waals surface area contributed by atoms with Crippen molar-refractivity contribution in [1.29, 1.82) is 0 Å². The van der Waals surface area contributed by atoms with Gasteiger partial charge in [-0.05, 0) is 25.1 Å². The van der Waals surface area contributed by atoms with E-state index in [1.165, 1.54) is 18.5 Å². The van der Waals surface area contributed by atoms with Crippen LogP contribution in [0.25, 0.3) is 0 Å². The fourth-order valence-corrected chi connectivity index (χ4v) is 2.00. The van der Waals surface area contributed by atoms with E-state index in [9.17, 15) is 9.59 Å². The lowest BCUT2D eigenvalue weighted by Crippen LogP contribution is -2.24. The average molecular weight is 325 g/mol. The molecule has 0 fully saturated rings. The van der Waals surface area contributed by atoms with Crippen molar-refractivity contribution in [3.8, 4) is 5.75 Å². The molecule has 0 saturated heterocycles. The number of carbonyl (C=O) groups excluding carboxylic acids is 2. The van der Waals surface area contributed by atoms with E-state index in [0.717, 1.165) is 0 Å². The predicted octanol–water partition coefficient (Wildman–Crippen LogP) is 2.65. The molecule has 124 valence electrons. The van der Waals surface area contributed by atoms with Crippen molar-refractivity contribution < 1.29 is 14.3 Å². The number of aromatic nitrogens is 1. The van der Waals surface area contributed by atoms with Crippen LogP contribution < -0.4 is 15.4 Å². The highest BCUT2D eigenvalue weighted by Gasteiger charge is 2.13. The van der Waals surface area contributed by atoms with Crippen LogP contribution in [0.3, 0.4) is 0 Å². The molecule has 0 spiro atoms. The van der Waals surface area contributed by atoms with E-state index in [4.69, 9.17) is 4.74 Å². The number of pyridine rings is 1. The normalized spacial score (nSPS) is 9.88. The van der Waals surface area contributed by atoms with Crippen molar-refractivity contribution in [2.45, 2.75) is 6.92 Å². The largest absolute Gasteiger partial charge is 0.492 e. The van der Waals surface area contributed by atoms with E-state index in [0.29, 0.717) is 30.2 Å². The molecule has 1 heterocycles. The zero-order valence-electron chi connectivity index (χ0n) is 13.4. The molecule has 0 radical (unpaired) electrons. The maximum absolute atomic E-state index is 12.4. The standard InChI is InChI=1S/C18H19N3O3/c1-3-9-20-17(22)13-10-14(12-19-11-13)18(23)21-15-7-5-6-8-16(15)24-4-2/h3,5-8,10-12H,1,4,9H2,2H3,(H,20,22)(H,21,23). The van der Waals surface area contributed by atoms with E-state index < -0.39 is 0 Å². The van der Waals surface area contributed by atoms with Crippen LogP contribution in [0.4, 0.5) is 5.69 Å². The summed E-state index contributed by atoms with van der Waals surface area (Å²) in [6.45, 7) is 6.24. The molecule has 0 aliphatic carbocycles. The molecule has 2 aromatic rings. The molecule has 6 heteroatoms. The van der Waals surface area contributed by atoms with Crippen LogP contribution in [-0.2, 0) is 0 Å². The first-order valence-electron chi connectivity index (χ1n) is 7.53. The first kappa shape index (κ1) is 17.2. The maximum atomic E-state index is 12.4. The molecular formula is C18H19N3O3. The molecule has 0 unspecified atom stereocenters. The Morgan fingerprint density at radius 2 is 1.92 bits per heavy atom. The van der Waals surface area contributed by atoms with Crippen LogP contribution >= 0.6 is 0 Å². The molecule has 2 amide bonds. The third-order valence-corrected chi connectivity index (χ3v) is 3.10. The van der Waals surface area contributed by atoms with Gasteiger partial charge in [0.05, 0.1) is 23.4 Å². The minimum Gasteiger partial charge on any atom is -0.492 e. The number of benzene rings is 1. The van der Waals surface area contributed by atoms with Crippen molar-refractivity contribution in [2.75, 3.05) is 18.5 Å². The average Bonchev–Trinajstić information content (AvgIpc) is 2.61. The van der Waals surface area contributed by atoms with E-state index >= 15 is 0 Å². The molecule has 0 atom stereocenters. The number of ether oxygens (including phenoxy) is 1. The Morgan fingerprint density at radius 3 is 2.62 bits per heavy atom. The summed E-state index contributed by atoms with van der Waals surface area (Å²) in [6, 6.07) is 8.64. The number of para-hydroxylation sites is 2. The topological polar surface area (TPSA) is 80.3 Å². The van der Waals surface area contributed by atoms with Crippen LogP contribution in [-0.4, -0.2) is 29.9 Å². The highest BCUT2D eigenvalue weighted by Crippen LogP contribution is 2.24. The van der Waals surface area contributed by atoms with Crippen LogP contribution in [0, 0.1) is 0 Å². The molecule has 24 heavy (non-hydrogen) atoms. The van der Waals surface area contributed by atoms with Crippen LogP contribution in [0.2, 0.25) is 0 Å².